The van der Waals surface area contributed by atoms with Crippen molar-refractivity contribution in [3.8, 4) is 17.2 Å². The zero-order valence-corrected chi connectivity index (χ0v) is 20.1. The number of halogens is 3. The van der Waals surface area contributed by atoms with Crippen LogP contribution >= 0.6 is 24.0 Å². The number of nitrogens with zero attached hydrogens (tertiary/aromatic N) is 3. The van der Waals surface area contributed by atoms with Crippen LogP contribution in [0.4, 0.5) is 8.78 Å². The normalized spacial score (nSPS) is 11.1. The second kappa shape index (κ2) is 12.8. The zero-order chi connectivity index (χ0) is 22.1. The van der Waals surface area contributed by atoms with Gasteiger partial charge in [0.05, 0.1) is 18.5 Å². The summed E-state index contributed by atoms with van der Waals surface area (Å²) in [7, 11) is 1.63. The molecule has 0 aliphatic heterocycles. The largest absolute Gasteiger partial charge is 0.490 e. The summed E-state index contributed by atoms with van der Waals surface area (Å²) in [6, 6.07) is 14.8. The van der Waals surface area contributed by atoms with Gasteiger partial charge >= 0.3 is 6.61 Å². The van der Waals surface area contributed by atoms with Gasteiger partial charge in [0, 0.05) is 37.5 Å². The van der Waals surface area contributed by atoms with Crippen molar-refractivity contribution in [3.05, 3.63) is 72.1 Å². The second-order valence-corrected chi connectivity index (χ2v) is 6.46. The summed E-state index contributed by atoms with van der Waals surface area (Å²) in [5, 5.41) is 10.7. The molecule has 0 radical (unpaired) electrons. The summed E-state index contributed by atoms with van der Waals surface area (Å²) in [4.78, 5) is 4.18. The lowest BCUT2D eigenvalue weighted by Crippen LogP contribution is -2.36. The minimum absolute atomic E-state index is 0. The molecule has 0 amide bonds. The Kier molecular flexibility index (Phi) is 10.2. The summed E-state index contributed by atoms with van der Waals surface area (Å²) in [6.45, 7) is -0.101. The third-order valence-corrected chi connectivity index (χ3v) is 4.35. The first-order chi connectivity index (χ1) is 15.1. The van der Waals surface area contributed by atoms with Crippen LogP contribution in [-0.2, 0) is 13.1 Å². The molecule has 0 aliphatic rings. The van der Waals surface area contributed by atoms with Crippen LogP contribution in [0.3, 0.4) is 0 Å². The number of aliphatic imine (C=N–C) groups is 1. The third kappa shape index (κ3) is 7.08. The van der Waals surface area contributed by atoms with E-state index in [-0.39, 0.29) is 42.0 Å². The van der Waals surface area contributed by atoms with E-state index in [1.807, 2.05) is 36.5 Å². The van der Waals surface area contributed by atoms with E-state index >= 15 is 0 Å². The minimum atomic E-state index is -2.95. The predicted molar refractivity (Wildman–Crippen MR) is 130 cm³/mol. The molecule has 0 atom stereocenters. The van der Waals surface area contributed by atoms with Gasteiger partial charge < -0.3 is 20.1 Å². The summed E-state index contributed by atoms with van der Waals surface area (Å²) in [5.41, 5.74) is 2.47. The molecule has 32 heavy (non-hydrogen) atoms. The molecular formula is C22H26F2IN5O2. The van der Waals surface area contributed by atoms with Gasteiger partial charge in [0.15, 0.2) is 17.5 Å². The van der Waals surface area contributed by atoms with E-state index in [9.17, 15) is 8.78 Å². The van der Waals surface area contributed by atoms with Crippen LogP contribution in [0, 0.1) is 0 Å². The zero-order valence-electron chi connectivity index (χ0n) is 17.8. The lowest BCUT2D eigenvalue weighted by molar-refractivity contribution is -0.0520. The molecule has 0 fully saturated rings. The maximum Gasteiger partial charge on any atom is 0.387 e. The molecular weight excluding hydrogens is 531 g/mol. The van der Waals surface area contributed by atoms with E-state index in [2.05, 4.69) is 20.7 Å². The number of nitrogens with one attached hydrogen (secondary N) is 2. The van der Waals surface area contributed by atoms with Crippen LogP contribution < -0.4 is 20.1 Å². The highest BCUT2D eigenvalue weighted by molar-refractivity contribution is 14.0. The Labute approximate surface area is 202 Å². The molecule has 0 bridgehead atoms. The number of para-hydroxylation sites is 2. The molecule has 0 unspecified atom stereocenters. The first-order valence-electron chi connectivity index (χ1n) is 9.83. The maximum absolute atomic E-state index is 12.9. The highest BCUT2D eigenvalue weighted by Gasteiger charge is 2.16. The van der Waals surface area contributed by atoms with Gasteiger partial charge in [-0.05, 0) is 25.1 Å². The molecule has 1 aromatic heterocycles. The van der Waals surface area contributed by atoms with E-state index in [1.54, 1.807) is 43.0 Å². The number of benzene rings is 2. The fourth-order valence-corrected chi connectivity index (χ4v) is 2.95. The Bertz CT molecular complexity index is 999. The standard InChI is InChI=1S/C22H25F2N5O2.HI/c1-3-30-19-11-7-8-17(20(19)31-21(23)24)14-27-22(25-2)26-12-16-13-28-29(15-16)18-9-5-4-6-10-18;/h4-11,13,15,21H,3,12,14H2,1-2H3,(H2,25,26,27);1H. The first-order valence-corrected chi connectivity index (χ1v) is 9.83. The van der Waals surface area contributed by atoms with Gasteiger partial charge in [0.2, 0.25) is 0 Å². The number of guanidine groups is 1. The number of hydrogen-bond acceptors (Lipinski definition) is 4. The van der Waals surface area contributed by atoms with Gasteiger partial charge in [-0.3, -0.25) is 4.99 Å². The van der Waals surface area contributed by atoms with Crippen LogP contribution in [-0.4, -0.2) is 36.0 Å². The average molecular weight is 557 g/mol. The number of hydrogen-bond donors (Lipinski definition) is 2. The van der Waals surface area contributed by atoms with E-state index < -0.39 is 6.61 Å². The van der Waals surface area contributed by atoms with Crippen LogP contribution in [0.15, 0.2) is 65.9 Å². The van der Waals surface area contributed by atoms with Crippen molar-refractivity contribution in [1.29, 1.82) is 0 Å². The molecule has 0 saturated heterocycles. The molecule has 10 heteroatoms. The predicted octanol–water partition coefficient (Wildman–Crippen LogP) is 4.36. The van der Waals surface area contributed by atoms with E-state index in [1.165, 1.54) is 0 Å². The van der Waals surface area contributed by atoms with Crippen molar-refractivity contribution in [1.82, 2.24) is 20.4 Å². The summed E-state index contributed by atoms with van der Waals surface area (Å²) >= 11 is 0. The van der Waals surface area contributed by atoms with Crippen molar-refractivity contribution in [3.63, 3.8) is 0 Å². The fourth-order valence-electron chi connectivity index (χ4n) is 2.95. The van der Waals surface area contributed by atoms with Gasteiger partial charge in [-0.15, -0.1) is 24.0 Å². The molecule has 3 aromatic rings. The van der Waals surface area contributed by atoms with Crippen molar-refractivity contribution in [2.45, 2.75) is 26.6 Å². The van der Waals surface area contributed by atoms with Crippen molar-refractivity contribution < 1.29 is 18.3 Å². The van der Waals surface area contributed by atoms with Crippen molar-refractivity contribution in [2.24, 2.45) is 4.99 Å². The molecule has 3 rings (SSSR count). The van der Waals surface area contributed by atoms with Crippen LogP contribution in [0.1, 0.15) is 18.1 Å². The summed E-state index contributed by atoms with van der Waals surface area (Å²) in [5.74, 6) is 0.807. The van der Waals surface area contributed by atoms with Gasteiger partial charge in [0.25, 0.3) is 0 Å². The monoisotopic (exact) mass is 557 g/mol. The number of alkyl halides is 2. The number of ether oxygens (including phenoxy) is 2. The number of rotatable bonds is 9. The second-order valence-electron chi connectivity index (χ2n) is 6.46. The minimum Gasteiger partial charge on any atom is -0.490 e. The SMILES string of the molecule is CCOc1cccc(CNC(=NC)NCc2cnn(-c3ccccc3)c2)c1OC(F)F.I. The fraction of sp³-hybridized carbons (Fsp3) is 0.273. The first kappa shape index (κ1) is 25.4. The molecule has 2 aromatic carbocycles. The third-order valence-electron chi connectivity index (χ3n) is 4.35. The maximum atomic E-state index is 12.9. The van der Waals surface area contributed by atoms with Gasteiger partial charge in [-0.2, -0.15) is 13.9 Å². The lowest BCUT2D eigenvalue weighted by Gasteiger charge is -2.17. The quantitative estimate of drug-likeness (QED) is 0.233. The smallest absolute Gasteiger partial charge is 0.387 e. The summed E-state index contributed by atoms with van der Waals surface area (Å²) in [6.07, 6.45) is 3.70. The van der Waals surface area contributed by atoms with E-state index in [0.717, 1.165) is 11.3 Å². The van der Waals surface area contributed by atoms with E-state index in [4.69, 9.17) is 9.47 Å². The molecule has 0 saturated carbocycles. The Balaban J connectivity index is 0.00000363. The topological polar surface area (TPSA) is 72.7 Å². The average Bonchev–Trinajstić information content (AvgIpc) is 3.25. The highest BCUT2D eigenvalue weighted by atomic mass is 127. The molecule has 172 valence electrons. The van der Waals surface area contributed by atoms with E-state index in [0.29, 0.717) is 24.7 Å². The Morgan fingerprint density at radius 2 is 1.84 bits per heavy atom. The van der Waals surface area contributed by atoms with Gasteiger partial charge in [-0.1, -0.05) is 30.3 Å². The molecule has 1 heterocycles. The Hall–Kier alpha value is -2.89. The molecule has 2 N–H and O–H groups in total. The van der Waals surface area contributed by atoms with Gasteiger partial charge in [0.1, 0.15) is 0 Å². The lowest BCUT2D eigenvalue weighted by atomic mass is 10.2. The molecule has 7 nitrogen and oxygen atoms in total. The highest BCUT2D eigenvalue weighted by Crippen LogP contribution is 2.32. The van der Waals surface area contributed by atoms with Crippen molar-refractivity contribution >= 4 is 29.9 Å². The Morgan fingerprint density at radius 1 is 1.09 bits per heavy atom. The van der Waals surface area contributed by atoms with Crippen LogP contribution in [0.5, 0.6) is 11.5 Å². The summed E-state index contributed by atoms with van der Waals surface area (Å²) < 4.78 is 37.7. The van der Waals surface area contributed by atoms with Crippen molar-refractivity contribution in [2.75, 3.05) is 13.7 Å². The number of aromatic nitrogens is 2. The van der Waals surface area contributed by atoms with Gasteiger partial charge in [-0.25, -0.2) is 4.68 Å². The van der Waals surface area contributed by atoms with Crippen LogP contribution in [0.25, 0.3) is 5.69 Å². The molecule has 0 aliphatic carbocycles. The Morgan fingerprint density at radius 3 is 2.53 bits per heavy atom. The van der Waals surface area contributed by atoms with Crippen LogP contribution in [0.2, 0.25) is 0 Å². The molecule has 0 spiro atoms.